The Morgan fingerprint density at radius 3 is 2.59 bits per heavy atom. The lowest BCUT2D eigenvalue weighted by atomic mass is 10.2. The molecule has 0 saturated heterocycles. The molecule has 0 spiro atoms. The molecular formula is C20H17N3O2S2. The summed E-state index contributed by atoms with van der Waals surface area (Å²) in [5.74, 6) is 0.871. The Hall–Kier alpha value is -2.77. The standard InChI is InChI=1S/C20H17N3O2S2/c1-27(24,25)17-7-4-5-15(13-17)18-8-9-19(26-18)20-22-11-12-23(20)14-16-6-2-3-10-21-16/h2-13H,14H2,1H3. The number of imidazole rings is 1. The van der Waals surface area contributed by atoms with Crippen LogP contribution in [0, 0.1) is 0 Å². The van der Waals surface area contributed by atoms with Gasteiger partial charge in [0.1, 0.15) is 5.82 Å². The zero-order valence-electron chi connectivity index (χ0n) is 14.6. The molecule has 0 atom stereocenters. The highest BCUT2D eigenvalue weighted by Gasteiger charge is 2.13. The quantitative estimate of drug-likeness (QED) is 0.510. The van der Waals surface area contributed by atoms with E-state index >= 15 is 0 Å². The van der Waals surface area contributed by atoms with Crippen molar-refractivity contribution in [2.45, 2.75) is 11.4 Å². The van der Waals surface area contributed by atoms with Gasteiger partial charge >= 0.3 is 0 Å². The maximum absolute atomic E-state index is 11.8. The van der Waals surface area contributed by atoms with Gasteiger partial charge in [-0.2, -0.15) is 0 Å². The molecule has 0 fully saturated rings. The predicted octanol–water partition coefficient (Wildman–Crippen LogP) is 4.13. The van der Waals surface area contributed by atoms with Gasteiger partial charge < -0.3 is 4.57 Å². The molecule has 1 aromatic carbocycles. The van der Waals surface area contributed by atoms with E-state index in [-0.39, 0.29) is 0 Å². The molecule has 5 nitrogen and oxygen atoms in total. The summed E-state index contributed by atoms with van der Waals surface area (Å²) in [5.41, 5.74) is 1.85. The van der Waals surface area contributed by atoms with Crippen LogP contribution in [-0.2, 0) is 16.4 Å². The van der Waals surface area contributed by atoms with Crippen LogP contribution in [0.1, 0.15) is 5.69 Å². The first-order valence-corrected chi connectivity index (χ1v) is 11.0. The van der Waals surface area contributed by atoms with E-state index in [1.165, 1.54) is 6.26 Å². The Morgan fingerprint density at radius 1 is 0.963 bits per heavy atom. The first kappa shape index (κ1) is 17.6. The number of pyridine rings is 1. The number of aromatic nitrogens is 3. The normalized spacial score (nSPS) is 11.6. The van der Waals surface area contributed by atoms with Crippen molar-refractivity contribution < 1.29 is 8.42 Å². The van der Waals surface area contributed by atoms with Gasteiger partial charge in [-0.15, -0.1) is 11.3 Å². The van der Waals surface area contributed by atoms with Gasteiger partial charge in [0.25, 0.3) is 0 Å². The van der Waals surface area contributed by atoms with Gasteiger partial charge in [0, 0.05) is 29.7 Å². The van der Waals surface area contributed by atoms with Crippen LogP contribution in [0.25, 0.3) is 21.1 Å². The molecule has 0 radical (unpaired) electrons. The Bertz CT molecular complexity index is 1180. The van der Waals surface area contributed by atoms with Gasteiger partial charge in [-0.1, -0.05) is 18.2 Å². The van der Waals surface area contributed by atoms with Crippen LogP contribution in [0.4, 0.5) is 0 Å². The van der Waals surface area contributed by atoms with E-state index in [1.807, 2.05) is 42.6 Å². The molecule has 0 unspecified atom stereocenters. The molecule has 0 aliphatic rings. The average Bonchev–Trinajstić information content (AvgIpc) is 3.31. The zero-order chi connectivity index (χ0) is 18.9. The number of hydrogen-bond donors (Lipinski definition) is 0. The molecule has 0 N–H and O–H groups in total. The fraction of sp³-hybridized carbons (Fsp3) is 0.100. The number of benzene rings is 1. The van der Waals surface area contributed by atoms with Gasteiger partial charge in [-0.3, -0.25) is 4.98 Å². The zero-order valence-corrected chi connectivity index (χ0v) is 16.2. The summed E-state index contributed by atoms with van der Waals surface area (Å²) < 4.78 is 25.7. The highest BCUT2D eigenvalue weighted by atomic mass is 32.2. The first-order valence-electron chi connectivity index (χ1n) is 8.32. The minimum Gasteiger partial charge on any atom is -0.324 e. The van der Waals surface area contributed by atoms with Crippen molar-refractivity contribution in [2.24, 2.45) is 0 Å². The third-order valence-electron chi connectivity index (χ3n) is 4.15. The van der Waals surface area contributed by atoms with E-state index in [9.17, 15) is 8.42 Å². The van der Waals surface area contributed by atoms with Gasteiger partial charge in [0.15, 0.2) is 9.84 Å². The molecule has 4 rings (SSSR count). The van der Waals surface area contributed by atoms with Crippen molar-refractivity contribution in [3.8, 4) is 21.1 Å². The Labute approximate surface area is 161 Å². The van der Waals surface area contributed by atoms with E-state index in [1.54, 1.807) is 41.9 Å². The molecule has 3 heterocycles. The number of rotatable bonds is 5. The van der Waals surface area contributed by atoms with Gasteiger partial charge in [-0.05, 0) is 42.0 Å². The molecular weight excluding hydrogens is 378 g/mol. The molecule has 0 bridgehead atoms. The maximum atomic E-state index is 11.8. The monoisotopic (exact) mass is 395 g/mol. The van der Waals surface area contributed by atoms with Crippen LogP contribution in [0.15, 0.2) is 78.1 Å². The molecule has 3 aromatic heterocycles. The van der Waals surface area contributed by atoms with Crippen molar-refractivity contribution in [2.75, 3.05) is 6.26 Å². The van der Waals surface area contributed by atoms with E-state index in [2.05, 4.69) is 14.5 Å². The van der Waals surface area contributed by atoms with Crippen molar-refractivity contribution in [1.29, 1.82) is 0 Å². The van der Waals surface area contributed by atoms with Crippen LogP contribution in [0.2, 0.25) is 0 Å². The Kier molecular flexibility index (Phi) is 4.63. The molecule has 0 aliphatic heterocycles. The lowest BCUT2D eigenvalue weighted by Gasteiger charge is -2.06. The SMILES string of the molecule is CS(=O)(=O)c1cccc(-c2ccc(-c3nccn3Cc3ccccn3)s2)c1. The van der Waals surface area contributed by atoms with E-state index in [0.29, 0.717) is 11.4 Å². The summed E-state index contributed by atoms with van der Waals surface area (Å²) in [6, 6.07) is 16.9. The van der Waals surface area contributed by atoms with Crippen LogP contribution in [0.5, 0.6) is 0 Å². The summed E-state index contributed by atoms with van der Waals surface area (Å²) in [4.78, 5) is 11.2. The van der Waals surface area contributed by atoms with Crippen LogP contribution < -0.4 is 0 Å². The van der Waals surface area contributed by atoms with E-state index < -0.39 is 9.84 Å². The lowest BCUT2D eigenvalue weighted by molar-refractivity contribution is 0.602. The second-order valence-corrected chi connectivity index (χ2v) is 9.26. The summed E-state index contributed by atoms with van der Waals surface area (Å²) in [7, 11) is -3.23. The van der Waals surface area contributed by atoms with Crippen molar-refractivity contribution in [3.05, 3.63) is 78.9 Å². The molecule has 0 amide bonds. The minimum atomic E-state index is -3.23. The molecule has 27 heavy (non-hydrogen) atoms. The topological polar surface area (TPSA) is 64.8 Å². The van der Waals surface area contributed by atoms with Crippen LogP contribution in [-0.4, -0.2) is 29.2 Å². The number of sulfone groups is 1. The second kappa shape index (κ2) is 7.09. The third kappa shape index (κ3) is 3.84. The predicted molar refractivity (Wildman–Crippen MR) is 107 cm³/mol. The third-order valence-corrected chi connectivity index (χ3v) is 6.39. The number of hydrogen-bond acceptors (Lipinski definition) is 5. The molecule has 4 aromatic rings. The maximum Gasteiger partial charge on any atom is 0.175 e. The van der Waals surface area contributed by atoms with E-state index in [0.717, 1.165) is 26.8 Å². The highest BCUT2D eigenvalue weighted by molar-refractivity contribution is 7.90. The van der Waals surface area contributed by atoms with Gasteiger partial charge in [-0.25, -0.2) is 13.4 Å². The number of thiophene rings is 1. The molecule has 7 heteroatoms. The summed E-state index contributed by atoms with van der Waals surface area (Å²) in [6.45, 7) is 0.646. The fourth-order valence-electron chi connectivity index (χ4n) is 2.82. The largest absolute Gasteiger partial charge is 0.324 e. The Balaban J connectivity index is 1.66. The van der Waals surface area contributed by atoms with Crippen LogP contribution in [0.3, 0.4) is 0 Å². The average molecular weight is 396 g/mol. The van der Waals surface area contributed by atoms with Crippen molar-refractivity contribution in [1.82, 2.24) is 14.5 Å². The highest BCUT2D eigenvalue weighted by Crippen LogP contribution is 2.34. The smallest absolute Gasteiger partial charge is 0.175 e. The van der Waals surface area contributed by atoms with Gasteiger partial charge in [0.2, 0.25) is 0 Å². The fourth-order valence-corrected chi connectivity index (χ4v) is 4.50. The first-order chi connectivity index (χ1) is 13.0. The molecule has 0 saturated carbocycles. The summed E-state index contributed by atoms with van der Waals surface area (Å²) >= 11 is 1.59. The van der Waals surface area contributed by atoms with Crippen LogP contribution >= 0.6 is 11.3 Å². The Morgan fingerprint density at radius 2 is 1.81 bits per heavy atom. The molecule has 136 valence electrons. The van der Waals surface area contributed by atoms with Gasteiger partial charge in [0.05, 0.1) is 22.0 Å². The second-order valence-electron chi connectivity index (χ2n) is 6.16. The van der Waals surface area contributed by atoms with Crippen molar-refractivity contribution in [3.63, 3.8) is 0 Å². The molecule has 0 aliphatic carbocycles. The van der Waals surface area contributed by atoms with Crippen molar-refractivity contribution >= 4 is 21.2 Å². The van der Waals surface area contributed by atoms with E-state index in [4.69, 9.17) is 0 Å². The summed E-state index contributed by atoms with van der Waals surface area (Å²) in [5, 5.41) is 0. The lowest BCUT2D eigenvalue weighted by Crippen LogP contribution is -2.01. The summed E-state index contributed by atoms with van der Waals surface area (Å²) in [6.07, 6.45) is 6.72. The number of nitrogens with zero attached hydrogens (tertiary/aromatic N) is 3. The minimum absolute atomic E-state index is 0.326.